The van der Waals surface area contributed by atoms with Gasteiger partial charge in [0.1, 0.15) is 17.2 Å². The number of rotatable bonds is 6. The summed E-state index contributed by atoms with van der Waals surface area (Å²) in [6, 6.07) is 25.1. The summed E-state index contributed by atoms with van der Waals surface area (Å²) < 4.78 is 5.29. The van der Waals surface area contributed by atoms with Crippen molar-refractivity contribution < 1.29 is 24.0 Å². The molecular formula is C34H25N3O6. The monoisotopic (exact) mass is 571 g/mol. The van der Waals surface area contributed by atoms with Crippen molar-refractivity contribution in [3.63, 3.8) is 0 Å². The number of benzene rings is 4. The molecule has 3 aliphatic rings. The van der Waals surface area contributed by atoms with E-state index in [0.717, 1.165) is 11.1 Å². The van der Waals surface area contributed by atoms with Gasteiger partial charge in [0.15, 0.2) is 11.6 Å². The van der Waals surface area contributed by atoms with Gasteiger partial charge in [0.25, 0.3) is 5.69 Å². The maximum atomic E-state index is 14.8. The van der Waals surface area contributed by atoms with Gasteiger partial charge in [0, 0.05) is 35.1 Å². The molecule has 43 heavy (non-hydrogen) atoms. The van der Waals surface area contributed by atoms with Crippen molar-refractivity contribution in [2.45, 2.75) is 17.5 Å². The lowest BCUT2D eigenvalue weighted by molar-refractivity contribution is -0.384. The van der Waals surface area contributed by atoms with E-state index < -0.39 is 39.9 Å². The van der Waals surface area contributed by atoms with Crippen molar-refractivity contribution in [3.8, 4) is 5.75 Å². The number of anilines is 1. The molecule has 0 bridgehead atoms. The number of hydrogen-bond acceptors (Lipinski definition) is 7. The first-order valence-electron chi connectivity index (χ1n) is 13.8. The minimum Gasteiger partial charge on any atom is -0.497 e. The maximum Gasteiger partial charge on any atom is 0.270 e. The lowest BCUT2D eigenvalue weighted by Gasteiger charge is -2.38. The predicted molar refractivity (Wildman–Crippen MR) is 159 cm³/mol. The SMILES string of the molecule is COc1ccc(C(=O)[C@@H]2[C@H](C(=O)c3cccc([N+](=O)[O-])c3)N3C=Cc4ccccc4[C@@H]3[C@@]23C(=O)Nc2ccccc23)cc1. The van der Waals surface area contributed by atoms with E-state index in [9.17, 15) is 24.5 Å². The average Bonchev–Trinajstić information content (AvgIpc) is 3.52. The Labute approximate surface area is 246 Å². The highest BCUT2D eigenvalue weighted by atomic mass is 16.6. The van der Waals surface area contributed by atoms with Crippen molar-refractivity contribution in [1.82, 2.24) is 4.90 Å². The molecule has 1 N–H and O–H groups in total. The second-order valence-corrected chi connectivity index (χ2v) is 10.9. The molecule has 3 heterocycles. The van der Waals surface area contributed by atoms with Crippen LogP contribution < -0.4 is 10.1 Å². The minimum absolute atomic E-state index is 0.0847. The summed E-state index contributed by atoms with van der Waals surface area (Å²) in [7, 11) is 1.53. The average molecular weight is 572 g/mol. The third-order valence-electron chi connectivity index (χ3n) is 8.84. The Bertz CT molecular complexity index is 1870. The van der Waals surface area contributed by atoms with Crippen LogP contribution in [0.4, 0.5) is 11.4 Å². The minimum atomic E-state index is -1.49. The third-order valence-corrected chi connectivity index (χ3v) is 8.84. The molecule has 0 radical (unpaired) electrons. The zero-order valence-corrected chi connectivity index (χ0v) is 23.0. The first kappa shape index (κ1) is 26.3. The van der Waals surface area contributed by atoms with Gasteiger partial charge in [-0.15, -0.1) is 0 Å². The van der Waals surface area contributed by atoms with Crippen LogP contribution in [-0.2, 0) is 10.2 Å². The number of nitro benzene ring substituents is 1. The van der Waals surface area contributed by atoms with E-state index in [1.54, 1.807) is 41.4 Å². The Morgan fingerprint density at radius 2 is 1.65 bits per heavy atom. The smallest absolute Gasteiger partial charge is 0.270 e. The van der Waals surface area contributed by atoms with Gasteiger partial charge >= 0.3 is 0 Å². The zero-order chi connectivity index (χ0) is 29.9. The molecule has 1 saturated heterocycles. The van der Waals surface area contributed by atoms with Gasteiger partial charge in [-0.3, -0.25) is 24.5 Å². The third kappa shape index (κ3) is 3.74. The summed E-state index contributed by atoms with van der Waals surface area (Å²) >= 11 is 0. The van der Waals surface area contributed by atoms with Crippen LogP contribution in [0.3, 0.4) is 0 Å². The quantitative estimate of drug-likeness (QED) is 0.182. The van der Waals surface area contributed by atoms with Gasteiger partial charge in [-0.25, -0.2) is 0 Å². The molecule has 1 spiro atoms. The van der Waals surface area contributed by atoms with Crippen molar-refractivity contribution >= 4 is 34.9 Å². The Balaban J connectivity index is 1.51. The highest BCUT2D eigenvalue weighted by Crippen LogP contribution is 2.62. The molecule has 4 aromatic rings. The molecule has 1 fully saturated rings. The summed E-state index contributed by atoms with van der Waals surface area (Å²) in [6.45, 7) is 0. The van der Waals surface area contributed by atoms with Crippen LogP contribution in [0.15, 0.2) is 103 Å². The molecule has 0 unspecified atom stereocenters. The highest BCUT2D eigenvalue weighted by molar-refractivity contribution is 6.16. The van der Waals surface area contributed by atoms with E-state index in [-0.39, 0.29) is 17.2 Å². The summed E-state index contributed by atoms with van der Waals surface area (Å²) in [5.74, 6) is -1.88. The highest BCUT2D eigenvalue weighted by Gasteiger charge is 2.70. The van der Waals surface area contributed by atoms with Gasteiger partial charge in [-0.2, -0.15) is 0 Å². The first-order valence-corrected chi connectivity index (χ1v) is 13.8. The number of nitrogens with one attached hydrogen (secondary N) is 1. The fourth-order valence-corrected chi connectivity index (χ4v) is 7.05. The number of ketones is 2. The van der Waals surface area contributed by atoms with Crippen molar-refractivity contribution in [1.29, 1.82) is 0 Å². The van der Waals surface area contributed by atoms with Gasteiger partial charge < -0.3 is 15.0 Å². The number of methoxy groups -OCH3 is 1. The summed E-state index contributed by atoms with van der Waals surface area (Å²) in [6.07, 6.45) is 3.64. The Morgan fingerprint density at radius 3 is 2.42 bits per heavy atom. The van der Waals surface area contributed by atoms with E-state index in [4.69, 9.17) is 4.74 Å². The topological polar surface area (TPSA) is 119 Å². The van der Waals surface area contributed by atoms with Crippen molar-refractivity contribution in [2.75, 3.05) is 12.4 Å². The second-order valence-electron chi connectivity index (χ2n) is 10.9. The zero-order valence-electron chi connectivity index (χ0n) is 23.0. The predicted octanol–water partition coefficient (Wildman–Crippen LogP) is 5.59. The molecule has 0 saturated carbocycles. The Hall–Kier alpha value is -5.57. The Morgan fingerprint density at radius 1 is 0.907 bits per heavy atom. The van der Waals surface area contributed by atoms with E-state index in [2.05, 4.69) is 5.32 Å². The van der Waals surface area contributed by atoms with Gasteiger partial charge in [-0.1, -0.05) is 54.6 Å². The van der Waals surface area contributed by atoms with Gasteiger partial charge in [-0.05, 0) is 53.1 Å². The Kier molecular flexibility index (Phi) is 5.98. The summed E-state index contributed by atoms with van der Waals surface area (Å²) in [4.78, 5) is 56.7. The summed E-state index contributed by atoms with van der Waals surface area (Å²) in [5, 5.41) is 14.6. The molecule has 0 aromatic heterocycles. The lowest BCUT2D eigenvalue weighted by Crippen LogP contribution is -2.49. The van der Waals surface area contributed by atoms with Crippen LogP contribution in [0.5, 0.6) is 5.75 Å². The van der Waals surface area contributed by atoms with Gasteiger partial charge in [0.2, 0.25) is 5.91 Å². The fraction of sp³-hybridized carbons (Fsp3) is 0.147. The number of para-hydroxylation sites is 1. The molecular weight excluding hydrogens is 546 g/mol. The van der Waals surface area contributed by atoms with Crippen LogP contribution in [0.1, 0.15) is 43.4 Å². The molecule has 9 nitrogen and oxygen atoms in total. The second kappa shape index (κ2) is 9.77. The molecule has 1 amide bonds. The van der Waals surface area contributed by atoms with E-state index >= 15 is 0 Å². The van der Waals surface area contributed by atoms with Crippen LogP contribution >= 0.6 is 0 Å². The molecule has 0 aliphatic carbocycles. The van der Waals surface area contributed by atoms with E-state index in [0.29, 0.717) is 22.6 Å². The van der Waals surface area contributed by atoms with Crippen molar-refractivity contribution in [2.24, 2.45) is 5.92 Å². The number of Topliss-reactive ketones (excluding diaryl/α,β-unsaturated/α-hetero) is 2. The lowest BCUT2D eigenvalue weighted by atomic mass is 9.62. The number of ether oxygens (including phenoxy) is 1. The maximum absolute atomic E-state index is 14.8. The fourth-order valence-electron chi connectivity index (χ4n) is 7.05. The number of amides is 1. The largest absolute Gasteiger partial charge is 0.497 e. The number of nitrogens with zero attached hydrogens (tertiary/aromatic N) is 2. The molecule has 4 atom stereocenters. The van der Waals surface area contributed by atoms with Crippen LogP contribution in [-0.4, -0.2) is 40.4 Å². The molecule has 3 aliphatic heterocycles. The van der Waals surface area contributed by atoms with Crippen LogP contribution in [0, 0.1) is 16.0 Å². The number of nitro groups is 1. The number of carbonyl (C=O) groups is 3. The van der Waals surface area contributed by atoms with E-state index in [1.807, 2.05) is 48.5 Å². The van der Waals surface area contributed by atoms with Crippen molar-refractivity contribution in [3.05, 3.63) is 141 Å². The molecule has 4 aromatic carbocycles. The molecule has 9 heteroatoms. The van der Waals surface area contributed by atoms with Crippen LogP contribution in [0.2, 0.25) is 0 Å². The normalized spacial score (nSPS) is 22.9. The standard InChI is InChI=1S/C34H25N3O6/c1-43-24-15-13-21(14-16-24)30(38)28-29(31(39)22-8-6-9-23(19-22)37(41)42)36-18-17-20-7-2-3-10-25(20)32(36)34(28)26-11-4-5-12-27(26)35-33(34)40/h2-19,28-29,32H,1H3,(H,35,40)/t28-,29+,32+,34-/m0/s1. The van der Waals surface area contributed by atoms with Crippen LogP contribution in [0.25, 0.3) is 6.08 Å². The first-order chi connectivity index (χ1) is 20.9. The number of non-ortho nitro benzene ring substituents is 1. The number of hydrogen-bond donors (Lipinski definition) is 1. The van der Waals surface area contributed by atoms with Gasteiger partial charge in [0.05, 0.1) is 24.0 Å². The molecule has 7 rings (SSSR count). The molecule has 212 valence electrons. The number of carbonyl (C=O) groups excluding carboxylic acids is 3. The van der Waals surface area contributed by atoms with E-state index in [1.165, 1.54) is 31.4 Å². The number of fused-ring (bicyclic) bond motifs is 6. The summed E-state index contributed by atoms with van der Waals surface area (Å²) in [5.41, 5.74) is 1.56.